The van der Waals surface area contributed by atoms with Gasteiger partial charge in [0, 0.05) is 18.7 Å². The molecule has 3 aromatic rings. The highest BCUT2D eigenvalue weighted by Gasteiger charge is 2.34. The molecule has 1 atom stereocenters. The molecule has 0 bridgehead atoms. The van der Waals surface area contributed by atoms with Crippen molar-refractivity contribution in [3.8, 4) is 17.1 Å². The summed E-state index contributed by atoms with van der Waals surface area (Å²) in [6.45, 7) is 2.59. The van der Waals surface area contributed by atoms with E-state index < -0.39 is 6.04 Å². The van der Waals surface area contributed by atoms with E-state index in [0.29, 0.717) is 30.6 Å². The third-order valence-corrected chi connectivity index (χ3v) is 4.87. The molecule has 2 aromatic carbocycles. The number of piperazine rings is 1. The van der Waals surface area contributed by atoms with E-state index in [9.17, 15) is 9.59 Å². The number of benzene rings is 2. The van der Waals surface area contributed by atoms with Gasteiger partial charge in [-0.1, -0.05) is 47.6 Å². The Kier molecular flexibility index (Phi) is 5.74. The van der Waals surface area contributed by atoms with Crippen molar-refractivity contribution < 1.29 is 18.8 Å². The molecule has 1 aromatic heterocycles. The zero-order valence-electron chi connectivity index (χ0n) is 16.6. The zero-order valence-corrected chi connectivity index (χ0v) is 16.6. The van der Waals surface area contributed by atoms with Gasteiger partial charge in [0.2, 0.25) is 17.6 Å². The number of carbonyl (C=O) groups excluding carboxylic acids is 2. The SMILES string of the molecule is Cc1cccc(OCC(=O)N2CCNC(=O)C2Cc2nc(-c3ccccc3)no2)c1. The quantitative estimate of drug-likeness (QED) is 0.672. The summed E-state index contributed by atoms with van der Waals surface area (Å²) in [5.41, 5.74) is 1.86. The van der Waals surface area contributed by atoms with E-state index in [1.807, 2.05) is 55.5 Å². The first kappa shape index (κ1) is 19.6. The molecule has 0 aliphatic carbocycles. The van der Waals surface area contributed by atoms with E-state index in [-0.39, 0.29) is 24.8 Å². The molecule has 8 nitrogen and oxygen atoms in total. The third-order valence-electron chi connectivity index (χ3n) is 4.87. The van der Waals surface area contributed by atoms with Crippen LogP contribution in [0.4, 0.5) is 0 Å². The molecule has 1 aliphatic rings. The Morgan fingerprint density at radius 1 is 1.23 bits per heavy atom. The van der Waals surface area contributed by atoms with Crippen LogP contribution in [0, 0.1) is 6.92 Å². The average Bonchev–Trinajstić information content (AvgIpc) is 3.23. The molecule has 1 fully saturated rings. The fourth-order valence-corrected chi connectivity index (χ4v) is 3.36. The molecule has 30 heavy (non-hydrogen) atoms. The van der Waals surface area contributed by atoms with Crippen LogP contribution in [0.25, 0.3) is 11.4 Å². The minimum atomic E-state index is -0.726. The number of hydrogen-bond acceptors (Lipinski definition) is 6. The smallest absolute Gasteiger partial charge is 0.261 e. The van der Waals surface area contributed by atoms with Gasteiger partial charge in [-0.05, 0) is 24.6 Å². The second-order valence-corrected chi connectivity index (χ2v) is 7.08. The van der Waals surface area contributed by atoms with Crippen molar-refractivity contribution in [2.75, 3.05) is 19.7 Å². The predicted octanol–water partition coefficient (Wildman–Crippen LogP) is 1.99. The van der Waals surface area contributed by atoms with Gasteiger partial charge in [0.05, 0.1) is 6.42 Å². The van der Waals surface area contributed by atoms with Gasteiger partial charge in [0.1, 0.15) is 11.8 Å². The van der Waals surface area contributed by atoms with Crippen molar-refractivity contribution in [3.05, 3.63) is 66.1 Å². The van der Waals surface area contributed by atoms with E-state index in [0.717, 1.165) is 11.1 Å². The Morgan fingerprint density at radius 2 is 2.07 bits per heavy atom. The molecule has 0 spiro atoms. The van der Waals surface area contributed by atoms with Crippen molar-refractivity contribution in [2.45, 2.75) is 19.4 Å². The van der Waals surface area contributed by atoms with E-state index in [2.05, 4.69) is 15.5 Å². The van der Waals surface area contributed by atoms with Crippen LogP contribution in [-0.4, -0.2) is 52.6 Å². The summed E-state index contributed by atoms with van der Waals surface area (Å²) in [6.07, 6.45) is 0.141. The maximum Gasteiger partial charge on any atom is 0.261 e. The molecule has 1 unspecified atom stereocenters. The first-order chi connectivity index (χ1) is 14.6. The second-order valence-electron chi connectivity index (χ2n) is 7.08. The molecule has 0 saturated carbocycles. The summed E-state index contributed by atoms with van der Waals surface area (Å²) in [7, 11) is 0. The summed E-state index contributed by atoms with van der Waals surface area (Å²) < 4.78 is 11.0. The van der Waals surface area contributed by atoms with Crippen LogP contribution in [0.1, 0.15) is 11.5 Å². The molecule has 2 amide bonds. The number of rotatable bonds is 6. The Balaban J connectivity index is 1.44. The molecular weight excluding hydrogens is 384 g/mol. The minimum Gasteiger partial charge on any atom is -0.484 e. The van der Waals surface area contributed by atoms with E-state index in [1.165, 1.54) is 4.90 Å². The van der Waals surface area contributed by atoms with Crippen molar-refractivity contribution >= 4 is 11.8 Å². The van der Waals surface area contributed by atoms with Crippen LogP contribution in [0.15, 0.2) is 59.1 Å². The van der Waals surface area contributed by atoms with Crippen molar-refractivity contribution in [2.24, 2.45) is 0 Å². The van der Waals surface area contributed by atoms with Crippen LogP contribution in [0.5, 0.6) is 5.75 Å². The Hall–Kier alpha value is -3.68. The number of nitrogens with zero attached hydrogens (tertiary/aromatic N) is 3. The van der Waals surface area contributed by atoms with Gasteiger partial charge in [0.15, 0.2) is 6.61 Å². The monoisotopic (exact) mass is 406 g/mol. The summed E-state index contributed by atoms with van der Waals surface area (Å²) in [5, 5.41) is 6.78. The van der Waals surface area contributed by atoms with Crippen LogP contribution in [-0.2, 0) is 16.0 Å². The number of nitrogens with one attached hydrogen (secondary N) is 1. The van der Waals surface area contributed by atoms with Gasteiger partial charge in [-0.25, -0.2) is 0 Å². The number of amides is 2. The summed E-state index contributed by atoms with van der Waals surface area (Å²) in [6, 6.07) is 16.2. The van der Waals surface area contributed by atoms with Crippen LogP contribution >= 0.6 is 0 Å². The van der Waals surface area contributed by atoms with Crippen molar-refractivity contribution in [1.82, 2.24) is 20.4 Å². The lowest BCUT2D eigenvalue weighted by Gasteiger charge is -2.34. The summed E-state index contributed by atoms with van der Waals surface area (Å²) in [5.74, 6) is 0.852. The van der Waals surface area contributed by atoms with Gasteiger partial charge in [-0.2, -0.15) is 4.98 Å². The van der Waals surface area contributed by atoms with Gasteiger partial charge in [-0.3, -0.25) is 9.59 Å². The average molecular weight is 406 g/mol. The van der Waals surface area contributed by atoms with E-state index >= 15 is 0 Å². The molecule has 154 valence electrons. The summed E-state index contributed by atoms with van der Waals surface area (Å²) in [4.78, 5) is 31.2. The van der Waals surface area contributed by atoms with Gasteiger partial charge < -0.3 is 19.5 Å². The maximum absolute atomic E-state index is 12.8. The van der Waals surface area contributed by atoms with Crippen LogP contribution < -0.4 is 10.1 Å². The highest BCUT2D eigenvalue weighted by Crippen LogP contribution is 2.18. The number of ether oxygens (including phenoxy) is 1. The number of aryl methyl sites for hydroxylation is 1. The highest BCUT2D eigenvalue weighted by molar-refractivity contribution is 5.89. The molecule has 1 N–H and O–H groups in total. The van der Waals surface area contributed by atoms with E-state index in [4.69, 9.17) is 9.26 Å². The van der Waals surface area contributed by atoms with Crippen LogP contribution in [0.2, 0.25) is 0 Å². The Morgan fingerprint density at radius 3 is 2.87 bits per heavy atom. The van der Waals surface area contributed by atoms with E-state index in [1.54, 1.807) is 6.07 Å². The highest BCUT2D eigenvalue weighted by atomic mass is 16.5. The molecule has 1 saturated heterocycles. The zero-order chi connectivity index (χ0) is 20.9. The standard InChI is InChI=1S/C22H22N4O4/c1-15-6-5-9-17(12-15)29-14-20(27)26-11-10-23-22(28)18(26)13-19-24-21(25-30-19)16-7-3-2-4-8-16/h2-9,12,18H,10-11,13-14H2,1H3,(H,23,28). The molecular formula is C22H22N4O4. The largest absolute Gasteiger partial charge is 0.484 e. The fourth-order valence-electron chi connectivity index (χ4n) is 3.36. The first-order valence-electron chi connectivity index (χ1n) is 9.75. The van der Waals surface area contributed by atoms with Gasteiger partial charge in [-0.15, -0.1) is 0 Å². The Bertz CT molecular complexity index is 1030. The molecule has 2 heterocycles. The molecule has 0 radical (unpaired) electrons. The lowest BCUT2D eigenvalue weighted by atomic mass is 10.1. The topological polar surface area (TPSA) is 97.6 Å². The van der Waals surface area contributed by atoms with Gasteiger partial charge in [0.25, 0.3) is 5.91 Å². The van der Waals surface area contributed by atoms with Gasteiger partial charge >= 0.3 is 0 Å². The second kappa shape index (κ2) is 8.77. The fraction of sp³-hybridized carbons (Fsp3) is 0.273. The van der Waals surface area contributed by atoms with Crippen LogP contribution in [0.3, 0.4) is 0 Å². The lowest BCUT2D eigenvalue weighted by Crippen LogP contribution is -2.58. The van der Waals surface area contributed by atoms with Crippen molar-refractivity contribution in [1.29, 1.82) is 0 Å². The maximum atomic E-state index is 12.8. The minimum absolute atomic E-state index is 0.141. The summed E-state index contributed by atoms with van der Waals surface area (Å²) >= 11 is 0. The normalized spacial score (nSPS) is 16.2. The first-order valence-corrected chi connectivity index (χ1v) is 9.75. The number of aromatic nitrogens is 2. The number of carbonyl (C=O) groups is 2. The Labute approximate surface area is 173 Å². The number of hydrogen-bond donors (Lipinski definition) is 1. The third kappa shape index (κ3) is 4.48. The molecule has 8 heteroatoms. The molecule has 1 aliphatic heterocycles. The lowest BCUT2D eigenvalue weighted by molar-refractivity contribution is -0.144. The van der Waals surface area contributed by atoms with Crippen molar-refractivity contribution in [3.63, 3.8) is 0 Å². The predicted molar refractivity (Wildman–Crippen MR) is 109 cm³/mol. The molecule has 4 rings (SSSR count).